The van der Waals surface area contributed by atoms with E-state index in [0.29, 0.717) is 23.0 Å². The first-order chi connectivity index (χ1) is 34.5. The number of hydrogen-bond donors (Lipinski definition) is 0. The maximum atomic E-state index is 10.0. The predicted molar refractivity (Wildman–Crippen MR) is 238 cm³/mol. The highest BCUT2D eigenvalue weighted by Crippen LogP contribution is 2.38. The average Bonchev–Trinajstić information content (AvgIpc) is 4.07. The van der Waals surface area contributed by atoms with Crippen molar-refractivity contribution in [2.75, 3.05) is 0 Å². The summed E-state index contributed by atoms with van der Waals surface area (Å²) in [5.74, 6) is 0.960. The molecule has 272 valence electrons. The molecule has 0 atom stereocenters. The lowest BCUT2D eigenvalue weighted by molar-refractivity contribution is 0.953. The van der Waals surface area contributed by atoms with Crippen molar-refractivity contribution in [1.29, 1.82) is 0 Å². The normalized spacial score (nSPS) is 15.3. The summed E-state index contributed by atoms with van der Waals surface area (Å²) in [6.45, 7) is 1.50. The standard InChI is InChI=1S/C52H34N6/c1-33-26-28-48-42(30-33)43-32-37(57-44-22-9-5-18-38(44)39-19-6-10-23-45(39)57)27-29-49(43)56(48)36-17-13-16-35(31-36)51-53-50(34-14-3-2-4-15-34)54-52(55-51)58-46-24-11-7-20-40(46)41-21-8-12-25-47(41)58/h2-32H,1H3/i5D,6D,9D,10D,18D,19D,22D,23D,26D,27D,28D,29D,30D,32D. The maximum Gasteiger partial charge on any atom is 0.238 e. The third kappa shape index (κ3) is 4.88. The smallest absolute Gasteiger partial charge is 0.238 e. The van der Waals surface area contributed by atoms with Crippen molar-refractivity contribution in [2.45, 2.75) is 6.92 Å². The first kappa shape index (κ1) is 21.5. The van der Waals surface area contributed by atoms with Crippen LogP contribution < -0.4 is 0 Å². The quantitative estimate of drug-likeness (QED) is 0.176. The van der Waals surface area contributed by atoms with Crippen molar-refractivity contribution in [1.82, 2.24) is 28.7 Å². The second kappa shape index (κ2) is 12.6. The van der Waals surface area contributed by atoms with Crippen LogP contribution >= 0.6 is 0 Å². The Morgan fingerprint density at radius 1 is 0.397 bits per heavy atom. The lowest BCUT2D eigenvalue weighted by Crippen LogP contribution is -2.06. The van der Waals surface area contributed by atoms with Crippen LogP contribution in [-0.4, -0.2) is 28.7 Å². The molecule has 0 bridgehead atoms. The van der Waals surface area contributed by atoms with Gasteiger partial charge in [-0.25, -0.2) is 4.98 Å². The number of rotatable bonds is 5. The van der Waals surface area contributed by atoms with Gasteiger partial charge in [-0.1, -0.05) is 127 Å². The van der Waals surface area contributed by atoms with E-state index >= 15 is 0 Å². The number of aromatic nitrogens is 6. The summed E-state index contributed by atoms with van der Waals surface area (Å²) in [4.78, 5) is 15.1. The molecule has 6 heteroatoms. The highest BCUT2D eigenvalue weighted by atomic mass is 15.2. The van der Waals surface area contributed by atoms with Crippen LogP contribution in [0.15, 0.2) is 188 Å². The highest BCUT2D eigenvalue weighted by Gasteiger charge is 2.20. The largest absolute Gasteiger partial charge is 0.309 e. The zero-order chi connectivity index (χ0) is 50.5. The molecular formula is C52H34N6. The fourth-order valence-corrected chi connectivity index (χ4v) is 7.94. The molecule has 0 amide bonds. The molecule has 0 saturated carbocycles. The predicted octanol–water partition coefficient (Wildman–Crippen LogP) is 12.8. The number of nitrogens with zero attached hydrogens (tertiary/aromatic N) is 6. The third-order valence-corrected chi connectivity index (χ3v) is 10.4. The lowest BCUT2D eigenvalue weighted by Gasteiger charge is -2.13. The fourth-order valence-electron chi connectivity index (χ4n) is 7.94. The monoisotopic (exact) mass is 756 g/mol. The Bertz CT molecular complexity index is 4280. The second-order valence-corrected chi connectivity index (χ2v) is 13.9. The molecule has 0 unspecified atom stereocenters. The number of hydrogen-bond acceptors (Lipinski definition) is 3. The van der Waals surface area contributed by atoms with Gasteiger partial charge in [-0.15, -0.1) is 0 Å². The summed E-state index contributed by atoms with van der Waals surface area (Å²) in [5, 5.41) is 1.33. The molecule has 0 aliphatic carbocycles. The Hall–Kier alpha value is -7.83. The van der Waals surface area contributed by atoms with Crippen molar-refractivity contribution >= 4 is 65.4 Å². The van der Waals surface area contributed by atoms with Gasteiger partial charge in [0.25, 0.3) is 0 Å². The molecule has 0 radical (unpaired) electrons. The van der Waals surface area contributed by atoms with Gasteiger partial charge < -0.3 is 9.13 Å². The minimum absolute atomic E-state index is 0.0154. The molecule has 12 aromatic rings. The first-order valence-electron chi connectivity index (χ1n) is 25.5. The Labute approximate surface area is 353 Å². The van der Waals surface area contributed by atoms with Crippen LogP contribution in [0.25, 0.3) is 106 Å². The summed E-state index contributed by atoms with van der Waals surface area (Å²) in [5.41, 5.74) is 2.05. The lowest BCUT2D eigenvalue weighted by atomic mass is 10.1. The molecule has 4 aromatic heterocycles. The number of fused-ring (bicyclic) bond motifs is 9. The molecule has 58 heavy (non-hydrogen) atoms. The molecule has 0 fully saturated rings. The Kier molecular flexibility index (Phi) is 4.66. The van der Waals surface area contributed by atoms with Crippen molar-refractivity contribution in [3.8, 4) is 40.1 Å². The number of benzene rings is 8. The van der Waals surface area contributed by atoms with E-state index < -0.39 is 72.2 Å². The van der Waals surface area contributed by atoms with E-state index in [-0.39, 0.29) is 73.1 Å². The van der Waals surface area contributed by atoms with Gasteiger partial charge in [0.1, 0.15) is 0 Å². The summed E-state index contributed by atoms with van der Waals surface area (Å²) in [6, 6.07) is 24.4. The average molecular weight is 757 g/mol. The van der Waals surface area contributed by atoms with Crippen LogP contribution in [0.3, 0.4) is 0 Å². The molecule has 0 N–H and O–H groups in total. The van der Waals surface area contributed by atoms with E-state index in [1.807, 2.05) is 83.4 Å². The van der Waals surface area contributed by atoms with E-state index in [9.17, 15) is 6.85 Å². The highest BCUT2D eigenvalue weighted by molar-refractivity contribution is 6.13. The summed E-state index contributed by atoms with van der Waals surface area (Å²) in [6.07, 6.45) is 0. The fraction of sp³-hybridized carbons (Fsp3) is 0.0192. The van der Waals surface area contributed by atoms with E-state index in [1.165, 1.54) is 11.5 Å². The van der Waals surface area contributed by atoms with Gasteiger partial charge in [-0.05, 0) is 73.5 Å². The van der Waals surface area contributed by atoms with E-state index in [2.05, 4.69) is 0 Å². The van der Waals surface area contributed by atoms with Gasteiger partial charge >= 0.3 is 0 Å². The molecule has 8 aromatic carbocycles. The van der Waals surface area contributed by atoms with Crippen LogP contribution in [-0.2, 0) is 0 Å². The zero-order valence-corrected chi connectivity index (χ0v) is 30.5. The zero-order valence-electron chi connectivity index (χ0n) is 44.5. The molecule has 0 aliphatic rings. The molecule has 0 aliphatic heterocycles. The van der Waals surface area contributed by atoms with E-state index in [4.69, 9.17) is 27.3 Å². The van der Waals surface area contributed by atoms with Crippen LogP contribution in [0.2, 0.25) is 0 Å². The molecule has 6 nitrogen and oxygen atoms in total. The van der Waals surface area contributed by atoms with Crippen LogP contribution in [0.1, 0.15) is 24.8 Å². The van der Waals surface area contributed by atoms with Gasteiger partial charge in [-0.3, -0.25) is 4.57 Å². The second-order valence-electron chi connectivity index (χ2n) is 13.9. The molecule has 0 saturated heterocycles. The van der Waals surface area contributed by atoms with Crippen LogP contribution in [0.4, 0.5) is 0 Å². The minimum atomic E-state index is -0.698. The van der Waals surface area contributed by atoms with Crippen LogP contribution in [0.5, 0.6) is 0 Å². The summed E-state index contributed by atoms with van der Waals surface area (Å²) < 4.78 is 132. The van der Waals surface area contributed by atoms with Crippen molar-refractivity contribution in [3.63, 3.8) is 0 Å². The van der Waals surface area contributed by atoms with Crippen molar-refractivity contribution in [2.24, 2.45) is 0 Å². The Morgan fingerprint density at radius 3 is 1.66 bits per heavy atom. The summed E-state index contributed by atoms with van der Waals surface area (Å²) in [7, 11) is 0. The molecule has 12 rings (SSSR count). The molecular weight excluding hydrogens is 709 g/mol. The first-order valence-corrected chi connectivity index (χ1v) is 18.5. The van der Waals surface area contributed by atoms with E-state index in [1.54, 1.807) is 24.3 Å². The Morgan fingerprint density at radius 2 is 0.948 bits per heavy atom. The number of para-hydroxylation sites is 4. The van der Waals surface area contributed by atoms with Gasteiger partial charge in [-0.2, -0.15) is 9.97 Å². The van der Waals surface area contributed by atoms with Gasteiger partial charge in [0.05, 0.1) is 52.3 Å². The minimum Gasteiger partial charge on any atom is -0.309 e. The van der Waals surface area contributed by atoms with Crippen molar-refractivity contribution in [3.05, 3.63) is 193 Å². The SMILES string of the molecule is [2H]c1c([2H])c([2H])c2c(c1[2H])c1c([2H])c([2H])c([2H])c([2H])c1n2-c1c([2H])c([2H])c2c(c1[2H])c1c([2H])c(C)c([2H])c([2H])c1n2-c1cccc(-c2nc(-c3ccccc3)nc(-n3c4ccccc4c4ccccc43)n2)c1. The van der Waals surface area contributed by atoms with Crippen molar-refractivity contribution < 1.29 is 19.2 Å². The summed E-state index contributed by atoms with van der Waals surface area (Å²) >= 11 is 0. The topological polar surface area (TPSA) is 53.5 Å². The van der Waals surface area contributed by atoms with Gasteiger partial charge in [0, 0.05) is 54.8 Å². The maximum absolute atomic E-state index is 10.0. The molecule has 4 heterocycles. The Balaban J connectivity index is 1.18. The van der Waals surface area contributed by atoms with E-state index in [0.717, 1.165) is 31.9 Å². The van der Waals surface area contributed by atoms with Gasteiger partial charge in [0.15, 0.2) is 11.6 Å². The third-order valence-electron chi connectivity index (χ3n) is 10.4. The molecule has 0 spiro atoms. The van der Waals surface area contributed by atoms with Crippen LogP contribution in [0, 0.1) is 6.92 Å². The van der Waals surface area contributed by atoms with Gasteiger partial charge in [0.2, 0.25) is 5.95 Å².